The van der Waals surface area contributed by atoms with Crippen molar-refractivity contribution in [1.82, 2.24) is 15.0 Å². The van der Waals surface area contributed by atoms with Gasteiger partial charge in [0.2, 0.25) is 5.92 Å². The fourth-order valence-corrected chi connectivity index (χ4v) is 4.09. The lowest BCUT2D eigenvalue weighted by atomic mass is 9.86. The zero-order valence-corrected chi connectivity index (χ0v) is 18.8. The normalized spacial score (nSPS) is 16.4. The van der Waals surface area contributed by atoms with Gasteiger partial charge in [-0.25, -0.2) is 13.8 Å². The van der Waals surface area contributed by atoms with Crippen LogP contribution < -0.4 is 9.47 Å². The number of hydrogen-bond acceptors (Lipinski definition) is 4. The van der Waals surface area contributed by atoms with Crippen LogP contribution in [0.3, 0.4) is 0 Å². The molecule has 11 heteroatoms. The highest BCUT2D eigenvalue weighted by atomic mass is 35.5. The van der Waals surface area contributed by atoms with Gasteiger partial charge in [-0.3, -0.25) is 4.98 Å². The summed E-state index contributed by atoms with van der Waals surface area (Å²) in [7, 11) is 1.45. The number of halogens is 6. The molecule has 2 heterocycles. The lowest BCUT2D eigenvalue weighted by Gasteiger charge is -2.26. The van der Waals surface area contributed by atoms with Gasteiger partial charge in [0, 0.05) is 30.5 Å². The number of rotatable bonds is 6. The highest BCUT2D eigenvalue weighted by molar-refractivity contribution is 6.31. The van der Waals surface area contributed by atoms with Gasteiger partial charge in [-0.15, -0.1) is 0 Å². The molecule has 0 atom stereocenters. The Kier molecular flexibility index (Phi) is 6.71. The van der Waals surface area contributed by atoms with Crippen LogP contribution in [0.2, 0.25) is 5.15 Å². The summed E-state index contributed by atoms with van der Waals surface area (Å²) in [6.45, 7) is -0.0604. The van der Waals surface area contributed by atoms with Crippen molar-refractivity contribution in [2.75, 3.05) is 7.11 Å². The molecule has 5 nitrogen and oxygen atoms in total. The molecule has 0 spiro atoms. The minimum atomic E-state index is -4.46. The summed E-state index contributed by atoms with van der Waals surface area (Å²) in [5.41, 5.74) is 0.666. The van der Waals surface area contributed by atoms with E-state index < -0.39 is 17.7 Å². The third-order valence-electron chi connectivity index (χ3n) is 5.76. The predicted octanol–water partition coefficient (Wildman–Crippen LogP) is 7.02. The van der Waals surface area contributed by atoms with Crippen LogP contribution in [0.25, 0.3) is 11.3 Å². The van der Waals surface area contributed by atoms with Crippen LogP contribution in [-0.4, -0.2) is 28.0 Å². The van der Waals surface area contributed by atoms with E-state index in [1.807, 2.05) is 0 Å². The van der Waals surface area contributed by atoms with E-state index in [0.29, 0.717) is 47.1 Å². The zero-order valence-electron chi connectivity index (χ0n) is 18.1. The largest absolute Gasteiger partial charge is 0.493 e. The van der Waals surface area contributed by atoms with Crippen molar-refractivity contribution in [3.05, 3.63) is 58.8 Å². The quantitative estimate of drug-likeness (QED) is 0.368. The van der Waals surface area contributed by atoms with Crippen molar-refractivity contribution >= 4 is 11.6 Å². The lowest BCUT2D eigenvalue weighted by Crippen LogP contribution is -2.24. The third-order valence-corrected chi connectivity index (χ3v) is 6.04. The number of aromatic nitrogens is 3. The average Bonchev–Trinajstić information content (AvgIpc) is 3.18. The van der Waals surface area contributed by atoms with Crippen LogP contribution in [0.4, 0.5) is 22.0 Å². The van der Waals surface area contributed by atoms with Gasteiger partial charge in [-0.1, -0.05) is 11.6 Å². The molecule has 1 fully saturated rings. The van der Waals surface area contributed by atoms with E-state index in [1.54, 1.807) is 18.2 Å². The minimum Gasteiger partial charge on any atom is -0.493 e. The van der Waals surface area contributed by atoms with Crippen molar-refractivity contribution in [2.24, 2.45) is 0 Å². The first-order chi connectivity index (χ1) is 16.1. The SMILES string of the molecule is COc1cc(-c2[nH]c(C3CCC(F)(F)CC3)nc2Cl)ccc1OCc1ccc(C(F)(F)F)cn1. The van der Waals surface area contributed by atoms with E-state index in [-0.39, 0.29) is 30.5 Å². The molecule has 1 aliphatic carbocycles. The molecule has 0 amide bonds. The fraction of sp³-hybridized carbons (Fsp3) is 0.391. The van der Waals surface area contributed by atoms with Gasteiger partial charge < -0.3 is 14.5 Å². The van der Waals surface area contributed by atoms with E-state index in [4.69, 9.17) is 21.1 Å². The number of pyridine rings is 1. The van der Waals surface area contributed by atoms with Crippen LogP contribution in [0.15, 0.2) is 36.5 Å². The molecule has 1 N–H and O–H groups in total. The molecule has 34 heavy (non-hydrogen) atoms. The number of hydrogen-bond donors (Lipinski definition) is 1. The Hall–Kier alpha value is -2.88. The van der Waals surface area contributed by atoms with Crippen molar-refractivity contribution in [1.29, 1.82) is 0 Å². The first kappa shape index (κ1) is 24.3. The Morgan fingerprint density at radius 1 is 1.12 bits per heavy atom. The maximum Gasteiger partial charge on any atom is 0.417 e. The molecule has 3 aromatic rings. The van der Waals surface area contributed by atoms with Gasteiger partial charge >= 0.3 is 6.18 Å². The molecule has 0 saturated heterocycles. The number of H-pyrrole nitrogens is 1. The van der Waals surface area contributed by atoms with Crippen molar-refractivity contribution < 1.29 is 31.4 Å². The molecule has 0 aliphatic heterocycles. The fourth-order valence-electron chi connectivity index (χ4n) is 3.84. The van der Waals surface area contributed by atoms with Gasteiger partial charge in [0.15, 0.2) is 16.7 Å². The highest BCUT2D eigenvalue weighted by Crippen LogP contribution is 2.42. The van der Waals surface area contributed by atoms with Crippen LogP contribution in [-0.2, 0) is 12.8 Å². The zero-order chi connectivity index (χ0) is 24.5. The number of alkyl halides is 5. The third kappa shape index (κ3) is 5.43. The number of imidazole rings is 1. The van der Waals surface area contributed by atoms with Crippen molar-refractivity contribution in [2.45, 2.75) is 50.3 Å². The monoisotopic (exact) mass is 501 g/mol. The van der Waals surface area contributed by atoms with Gasteiger partial charge in [0.05, 0.1) is 24.1 Å². The molecule has 182 valence electrons. The Morgan fingerprint density at radius 3 is 2.47 bits per heavy atom. The average molecular weight is 502 g/mol. The highest BCUT2D eigenvalue weighted by Gasteiger charge is 2.36. The number of nitrogens with one attached hydrogen (secondary N) is 1. The first-order valence-electron chi connectivity index (χ1n) is 10.5. The minimum absolute atomic E-state index is 0.0604. The Balaban J connectivity index is 1.48. The second-order valence-electron chi connectivity index (χ2n) is 8.11. The van der Waals surface area contributed by atoms with E-state index in [0.717, 1.165) is 12.3 Å². The maximum atomic E-state index is 13.5. The molecule has 4 rings (SSSR count). The van der Waals surface area contributed by atoms with Gasteiger partial charge in [0.1, 0.15) is 12.4 Å². The van der Waals surface area contributed by atoms with Gasteiger partial charge in [0.25, 0.3) is 0 Å². The first-order valence-corrected chi connectivity index (χ1v) is 10.9. The smallest absolute Gasteiger partial charge is 0.417 e. The van der Waals surface area contributed by atoms with E-state index in [2.05, 4.69) is 15.0 Å². The lowest BCUT2D eigenvalue weighted by molar-refractivity contribution is -0.137. The summed E-state index contributed by atoms with van der Waals surface area (Å²) in [6.07, 6.45) is -3.42. The van der Waals surface area contributed by atoms with E-state index in [9.17, 15) is 22.0 Å². The standard InChI is InChI=1S/C23H21ClF5N3O2/c1-33-18-10-14(19-20(24)32-21(31-19)13-6-8-22(25,26)9-7-13)2-5-17(18)34-12-16-4-3-15(11-30-16)23(27,28)29/h2-5,10-11,13H,6-9,12H2,1H3,(H,31,32). The van der Waals surface area contributed by atoms with Crippen molar-refractivity contribution in [3.8, 4) is 22.8 Å². The number of methoxy groups -OCH3 is 1. The summed E-state index contributed by atoms with van der Waals surface area (Å²) in [5, 5.41) is 0.219. The van der Waals surface area contributed by atoms with Crippen LogP contribution in [0, 0.1) is 0 Å². The Morgan fingerprint density at radius 2 is 1.85 bits per heavy atom. The second kappa shape index (κ2) is 9.40. The van der Waals surface area contributed by atoms with Crippen LogP contribution >= 0.6 is 11.6 Å². The summed E-state index contributed by atoms with van der Waals surface area (Å²) in [6, 6.07) is 7.22. The van der Waals surface area contributed by atoms with Gasteiger partial charge in [-0.05, 0) is 43.2 Å². The Labute approximate surface area is 197 Å². The van der Waals surface area contributed by atoms with Crippen LogP contribution in [0.5, 0.6) is 11.5 Å². The Bertz CT molecular complexity index is 1140. The van der Waals surface area contributed by atoms with Crippen LogP contribution in [0.1, 0.15) is 48.7 Å². The number of ether oxygens (including phenoxy) is 2. The number of nitrogens with zero attached hydrogens (tertiary/aromatic N) is 2. The second-order valence-corrected chi connectivity index (χ2v) is 8.47. The maximum absolute atomic E-state index is 13.5. The molecule has 0 unspecified atom stereocenters. The molecule has 1 aliphatic rings. The summed E-state index contributed by atoms with van der Waals surface area (Å²) >= 11 is 6.33. The predicted molar refractivity (Wildman–Crippen MR) is 115 cm³/mol. The molecular formula is C23H21ClF5N3O2. The van der Waals surface area contributed by atoms with E-state index in [1.165, 1.54) is 13.2 Å². The molecule has 1 saturated carbocycles. The molecule has 1 aromatic carbocycles. The molecule has 0 radical (unpaired) electrons. The summed E-state index contributed by atoms with van der Waals surface area (Å²) in [5.74, 6) is -1.45. The molecular weight excluding hydrogens is 481 g/mol. The molecule has 0 bridgehead atoms. The number of benzene rings is 1. The number of aromatic amines is 1. The summed E-state index contributed by atoms with van der Waals surface area (Å²) < 4.78 is 76.0. The topological polar surface area (TPSA) is 60.0 Å². The van der Waals surface area contributed by atoms with Crippen molar-refractivity contribution in [3.63, 3.8) is 0 Å². The summed E-state index contributed by atoms with van der Waals surface area (Å²) in [4.78, 5) is 11.3. The molecule has 2 aromatic heterocycles. The van der Waals surface area contributed by atoms with E-state index >= 15 is 0 Å². The van der Waals surface area contributed by atoms with Gasteiger partial charge in [-0.2, -0.15) is 13.2 Å².